The van der Waals surface area contributed by atoms with Crippen molar-refractivity contribution in [1.82, 2.24) is 4.90 Å². The van der Waals surface area contributed by atoms with Crippen LogP contribution in [0.3, 0.4) is 0 Å². The van der Waals surface area contributed by atoms with Gasteiger partial charge in [-0.1, -0.05) is 6.07 Å². The van der Waals surface area contributed by atoms with Crippen LogP contribution in [0, 0.1) is 0 Å². The Balaban J connectivity index is 2.14. The van der Waals surface area contributed by atoms with E-state index >= 15 is 0 Å². The first-order valence-corrected chi connectivity index (χ1v) is 6.84. The summed E-state index contributed by atoms with van der Waals surface area (Å²) in [6.07, 6.45) is 0. The molecule has 0 aliphatic carbocycles. The standard InChI is InChI=1S/C15H19NO5/c1-10-7-20-8-11(2)16(10)15(19)12-4-3-5-13(6-12)21-9-14(17)18/h3-6,10-11H,7-9H2,1-2H3,(H,17,18). The highest BCUT2D eigenvalue weighted by Gasteiger charge is 2.30. The average Bonchev–Trinajstić information content (AvgIpc) is 2.45. The molecule has 2 unspecified atom stereocenters. The molecule has 1 aromatic rings. The van der Waals surface area contributed by atoms with E-state index in [-0.39, 0.29) is 18.0 Å². The molecule has 1 N–H and O–H groups in total. The smallest absolute Gasteiger partial charge is 0.341 e. The van der Waals surface area contributed by atoms with Crippen LogP contribution in [-0.4, -0.2) is 53.8 Å². The minimum absolute atomic E-state index is 0.00449. The fourth-order valence-electron chi connectivity index (χ4n) is 2.42. The van der Waals surface area contributed by atoms with Crippen molar-refractivity contribution in [3.8, 4) is 5.75 Å². The number of morpholine rings is 1. The third-order valence-electron chi connectivity index (χ3n) is 3.35. The van der Waals surface area contributed by atoms with Crippen molar-refractivity contribution in [1.29, 1.82) is 0 Å². The summed E-state index contributed by atoms with van der Waals surface area (Å²) in [7, 11) is 0. The van der Waals surface area contributed by atoms with Gasteiger partial charge >= 0.3 is 5.97 Å². The van der Waals surface area contributed by atoms with E-state index in [1.54, 1.807) is 29.2 Å². The summed E-state index contributed by atoms with van der Waals surface area (Å²) in [5.74, 6) is -0.780. The summed E-state index contributed by atoms with van der Waals surface area (Å²) >= 11 is 0. The van der Waals surface area contributed by atoms with Crippen LogP contribution in [0.25, 0.3) is 0 Å². The fraction of sp³-hybridized carbons (Fsp3) is 0.467. The zero-order chi connectivity index (χ0) is 15.4. The molecule has 0 spiro atoms. The number of nitrogens with zero attached hydrogens (tertiary/aromatic N) is 1. The third kappa shape index (κ3) is 3.72. The van der Waals surface area contributed by atoms with E-state index in [2.05, 4.69) is 0 Å². The van der Waals surface area contributed by atoms with Gasteiger partial charge in [0.25, 0.3) is 5.91 Å². The largest absolute Gasteiger partial charge is 0.482 e. The molecule has 0 aromatic heterocycles. The van der Waals surface area contributed by atoms with Gasteiger partial charge in [-0.2, -0.15) is 0 Å². The average molecular weight is 293 g/mol. The van der Waals surface area contributed by atoms with E-state index in [0.29, 0.717) is 24.5 Å². The first-order valence-electron chi connectivity index (χ1n) is 6.84. The molecule has 2 rings (SSSR count). The number of benzene rings is 1. The maximum Gasteiger partial charge on any atom is 0.341 e. The van der Waals surface area contributed by atoms with Gasteiger partial charge in [-0.25, -0.2) is 4.79 Å². The molecule has 1 amide bonds. The van der Waals surface area contributed by atoms with Crippen molar-refractivity contribution in [2.75, 3.05) is 19.8 Å². The van der Waals surface area contributed by atoms with Crippen LogP contribution in [0.4, 0.5) is 0 Å². The van der Waals surface area contributed by atoms with Crippen LogP contribution in [0.5, 0.6) is 5.75 Å². The lowest BCUT2D eigenvalue weighted by molar-refractivity contribution is -0.139. The molecule has 1 saturated heterocycles. The molecular formula is C15H19NO5. The molecule has 1 aromatic carbocycles. The Labute approximate surface area is 123 Å². The number of hydrogen-bond donors (Lipinski definition) is 1. The number of hydrogen-bond acceptors (Lipinski definition) is 4. The van der Waals surface area contributed by atoms with Crippen LogP contribution in [0.15, 0.2) is 24.3 Å². The zero-order valence-electron chi connectivity index (χ0n) is 12.1. The Bertz CT molecular complexity index is 521. The Kier molecular flexibility index (Phi) is 4.80. The van der Waals surface area contributed by atoms with Gasteiger partial charge < -0.3 is 19.5 Å². The molecule has 2 atom stereocenters. The first-order chi connectivity index (χ1) is 9.99. The van der Waals surface area contributed by atoms with Gasteiger partial charge in [0.1, 0.15) is 5.75 Å². The van der Waals surface area contributed by atoms with Gasteiger partial charge in [0.15, 0.2) is 6.61 Å². The SMILES string of the molecule is CC1COCC(C)N1C(=O)c1cccc(OCC(=O)O)c1. The molecule has 114 valence electrons. The number of carboxylic acid groups (broad SMARTS) is 1. The fourth-order valence-corrected chi connectivity index (χ4v) is 2.42. The van der Waals surface area contributed by atoms with Crippen molar-refractivity contribution < 1.29 is 24.2 Å². The van der Waals surface area contributed by atoms with Gasteiger partial charge in [0, 0.05) is 5.56 Å². The number of carbonyl (C=O) groups is 2. The first kappa shape index (κ1) is 15.3. The van der Waals surface area contributed by atoms with Crippen LogP contribution in [-0.2, 0) is 9.53 Å². The summed E-state index contributed by atoms with van der Waals surface area (Å²) in [5, 5.41) is 8.61. The molecule has 0 bridgehead atoms. The summed E-state index contributed by atoms with van der Waals surface area (Å²) in [4.78, 5) is 24.9. The molecule has 1 heterocycles. The van der Waals surface area contributed by atoms with Crippen LogP contribution in [0.1, 0.15) is 24.2 Å². The van der Waals surface area contributed by atoms with Gasteiger partial charge in [-0.05, 0) is 32.0 Å². The maximum atomic E-state index is 12.6. The minimum atomic E-state index is -1.05. The molecule has 1 aliphatic heterocycles. The molecule has 0 saturated carbocycles. The second-order valence-corrected chi connectivity index (χ2v) is 5.16. The number of amides is 1. The molecule has 6 nitrogen and oxygen atoms in total. The molecule has 0 radical (unpaired) electrons. The Morgan fingerprint density at radius 3 is 2.62 bits per heavy atom. The van der Waals surface area contributed by atoms with Gasteiger partial charge in [-0.3, -0.25) is 4.79 Å². The van der Waals surface area contributed by atoms with Crippen molar-refractivity contribution >= 4 is 11.9 Å². The highest BCUT2D eigenvalue weighted by molar-refractivity contribution is 5.95. The van der Waals surface area contributed by atoms with E-state index in [1.165, 1.54) is 0 Å². The maximum absolute atomic E-state index is 12.6. The highest BCUT2D eigenvalue weighted by atomic mass is 16.5. The number of rotatable bonds is 4. The van der Waals surface area contributed by atoms with Crippen molar-refractivity contribution in [3.05, 3.63) is 29.8 Å². The lowest BCUT2D eigenvalue weighted by atomic mass is 10.1. The lowest BCUT2D eigenvalue weighted by Gasteiger charge is -2.38. The topological polar surface area (TPSA) is 76.1 Å². The monoisotopic (exact) mass is 293 g/mol. The van der Waals surface area contributed by atoms with Gasteiger partial charge in [0.2, 0.25) is 0 Å². The van der Waals surface area contributed by atoms with Gasteiger partial charge in [-0.15, -0.1) is 0 Å². The van der Waals surface area contributed by atoms with Crippen molar-refractivity contribution in [2.24, 2.45) is 0 Å². The van der Waals surface area contributed by atoms with Crippen molar-refractivity contribution in [3.63, 3.8) is 0 Å². The Morgan fingerprint density at radius 2 is 2.00 bits per heavy atom. The van der Waals surface area contributed by atoms with Crippen molar-refractivity contribution in [2.45, 2.75) is 25.9 Å². The Morgan fingerprint density at radius 1 is 1.33 bits per heavy atom. The molecular weight excluding hydrogens is 274 g/mol. The summed E-state index contributed by atoms with van der Waals surface area (Å²) in [6, 6.07) is 6.59. The van der Waals surface area contributed by atoms with E-state index < -0.39 is 12.6 Å². The molecule has 21 heavy (non-hydrogen) atoms. The summed E-state index contributed by atoms with van der Waals surface area (Å²) in [5.41, 5.74) is 0.485. The Hall–Kier alpha value is -2.08. The summed E-state index contributed by atoms with van der Waals surface area (Å²) in [6.45, 7) is 4.50. The molecule has 6 heteroatoms. The number of carbonyl (C=O) groups excluding carboxylic acids is 1. The predicted octanol–water partition coefficient (Wildman–Crippen LogP) is 1.40. The number of ether oxygens (including phenoxy) is 2. The van der Waals surface area contributed by atoms with Gasteiger partial charge in [0.05, 0.1) is 25.3 Å². The van der Waals surface area contributed by atoms with E-state index in [1.807, 2.05) is 13.8 Å². The summed E-state index contributed by atoms with van der Waals surface area (Å²) < 4.78 is 10.5. The normalized spacial score (nSPS) is 21.9. The number of carboxylic acids is 1. The predicted molar refractivity (Wildman–Crippen MR) is 75.5 cm³/mol. The van der Waals surface area contributed by atoms with Crippen LogP contribution < -0.4 is 4.74 Å². The quantitative estimate of drug-likeness (QED) is 0.908. The lowest BCUT2D eigenvalue weighted by Crippen LogP contribution is -2.52. The second-order valence-electron chi connectivity index (χ2n) is 5.16. The van der Waals surface area contributed by atoms with E-state index in [9.17, 15) is 9.59 Å². The highest BCUT2D eigenvalue weighted by Crippen LogP contribution is 2.20. The third-order valence-corrected chi connectivity index (χ3v) is 3.35. The minimum Gasteiger partial charge on any atom is -0.482 e. The molecule has 1 aliphatic rings. The van der Waals surface area contributed by atoms with E-state index in [4.69, 9.17) is 14.6 Å². The molecule has 1 fully saturated rings. The second kappa shape index (κ2) is 6.58. The van der Waals surface area contributed by atoms with Crippen LogP contribution in [0.2, 0.25) is 0 Å². The van der Waals surface area contributed by atoms with Crippen LogP contribution >= 0.6 is 0 Å². The number of aliphatic carboxylic acids is 1. The zero-order valence-corrected chi connectivity index (χ0v) is 12.1. The van der Waals surface area contributed by atoms with E-state index in [0.717, 1.165) is 0 Å².